The predicted molar refractivity (Wildman–Crippen MR) is 120 cm³/mol. The number of piperidine rings is 1. The second-order valence-electron chi connectivity index (χ2n) is 9.03. The number of carbonyl (C=O) groups is 1. The van der Waals surface area contributed by atoms with E-state index in [-0.39, 0.29) is 11.8 Å². The van der Waals surface area contributed by atoms with Crippen LogP contribution in [0.4, 0.5) is 0 Å². The molecule has 7 heteroatoms. The first-order chi connectivity index (χ1) is 15.8. The monoisotopic (exact) mass is 434 g/mol. The van der Waals surface area contributed by atoms with Gasteiger partial charge in [0.1, 0.15) is 0 Å². The number of ether oxygens (including phenoxy) is 1. The first-order valence-electron chi connectivity index (χ1n) is 11.8. The summed E-state index contributed by atoms with van der Waals surface area (Å²) in [4.78, 5) is 24.0. The molecule has 3 aromatic rings. The lowest BCUT2D eigenvalue weighted by atomic mass is 9.97. The van der Waals surface area contributed by atoms with Crippen molar-refractivity contribution in [1.29, 1.82) is 0 Å². The number of pyridine rings is 1. The van der Waals surface area contributed by atoms with Crippen LogP contribution in [0.5, 0.6) is 0 Å². The molecule has 1 saturated heterocycles. The van der Waals surface area contributed by atoms with Gasteiger partial charge in [-0.25, -0.2) is 0 Å². The molecule has 1 aliphatic carbocycles. The van der Waals surface area contributed by atoms with Crippen molar-refractivity contribution < 1.29 is 14.1 Å². The van der Waals surface area contributed by atoms with E-state index in [1.807, 2.05) is 35.2 Å². The van der Waals surface area contributed by atoms with Crippen LogP contribution in [-0.2, 0) is 11.2 Å². The van der Waals surface area contributed by atoms with Crippen molar-refractivity contribution in [2.45, 2.75) is 50.9 Å². The van der Waals surface area contributed by atoms with Crippen LogP contribution in [0.1, 0.15) is 66.5 Å². The number of hydrogen-bond acceptors (Lipinski definition) is 6. The molecule has 0 spiro atoms. The highest BCUT2D eigenvalue weighted by atomic mass is 16.5. The molecule has 2 aromatic heterocycles. The second kappa shape index (κ2) is 9.77. The lowest BCUT2D eigenvalue weighted by Crippen LogP contribution is -2.39. The summed E-state index contributed by atoms with van der Waals surface area (Å²) in [6.45, 7) is 2.82. The Bertz CT molecular complexity index is 1060. The van der Waals surface area contributed by atoms with E-state index in [2.05, 4.69) is 15.1 Å². The van der Waals surface area contributed by atoms with Crippen LogP contribution in [0.3, 0.4) is 0 Å². The summed E-state index contributed by atoms with van der Waals surface area (Å²) in [7, 11) is 0. The van der Waals surface area contributed by atoms with E-state index in [1.165, 1.54) is 25.7 Å². The van der Waals surface area contributed by atoms with E-state index in [4.69, 9.17) is 9.26 Å². The molecular weight excluding hydrogens is 404 g/mol. The highest BCUT2D eigenvalue weighted by Gasteiger charge is 2.29. The van der Waals surface area contributed by atoms with Crippen molar-refractivity contribution in [1.82, 2.24) is 20.0 Å². The third-order valence-corrected chi connectivity index (χ3v) is 6.69. The summed E-state index contributed by atoms with van der Waals surface area (Å²) in [5.41, 5.74) is 1.59. The maximum absolute atomic E-state index is 13.1. The quantitative estimate of drug-likeness (QED) is 0.513. The van der Waals surface area contributed by atoms with Crippen molar-refractivity contribution in [3.8, 4) is 0 Å². The van der Waals surface area contributed by atoms with Crippen LogP contribution >= 0.6 is 0 Å². The van der Waals surface area contributed by atoms with Crippen molar-refractivity contribution in [2.24, 2.45) is 5.92 Å². The summed E-state index contributed by atoms with van der Waals surface area (Å²) in [6, 6.07) is 9.56. The van der Waals surface area contributed by atoms with Gasteiger partial charge in [-0.2, -0.15) is 4.98 Å². The minimum Gasteiger partial charge on any atom is -0.381 e. The first kappa shape index (κ1) is 21.1. The fourth-order valence-electron chi connectivity index (χ4n) is 4.88. The predicted octanol–water partition coefficient (Wildman–Crippen LogP) is 4.39. The number of nitrogens with zero attached hydrogens (tertiary/aromatic N) is 4. The number of carbonyl (C=O) groups excluding carboxylic acids is 1. The Morgan fingerprint density at radius 2 is 2.06 bits per heavy atom. The van der Waals surface area contributed by atoms with Gasteiger partial charge in [0, 0.05) is 43.3 Å². The van der Waals surface area contributed by atoms with E-state index < -0.39 is 0 Å². The van der Waals surface area contributed by atoms with Gasteiger partial charge in [-0.3, -0.25) is 9.78 Å². The van der Waals surface area contributed by atoms with E-state index in [0.717, 1.165) is 42.8 Å². The van der Waals surface area contributed by atoms with Gasteiger partial charge in [0.15, 0.2) is 5.82 Å². The topological polar surface area (TPSA) is 81.4 Å². The van der Waals surface area contributed by atoms with Gasteiger partial charge >= 0.3 is 0 Å². The zero-order valence-corrected chi connectivity index (χ0v) is 18.4. The first-order valence-corrected chi connectivity index (χ1v) is 11.8. The SMILES string of the molecule is O=C(c1ccc2ncccc2c1)N1CCCC(c2nc(CCOCC3CCCC3)no2)C1. The fourth-order valence-corrected chi connectivity index (χ4v) is 4.88. The van der Waals surface area contributed by atoms with Gasteiger partial charge in [-0.15, -0.1) is 0 Å². The number of amides is 1. The Labute approximate surface area is 188 Å². The Kier molecular flexibility index (Phi) is 6.44. The van der Waals surface area contributed by atoms with Crippen molar-refractivity contribution in [2.75, 3.05) is 26.3 Å². The van der Waals surface area contributed by atoms with Gasteiger partial charge in [0.05, 0.1) is 18.0 Å². The Morgan fingerprint density at radius 3 is 2.97 bits per heavy atom. The summed E-state index contributed by atoms with van der Waals surface area (Å²) in [5.74, 6) is 2.17. The van der Waals surface area contributed by atoms with Crippen LogP contribution in [0, 0.1) is 5.92 Å². The average molecular weight is 435 g/mol. The molecule has 1 aromatic carbocycles. The maximum Gasteiger partial charge on any atom is 0.253 e. The van der Waals surface area contributed by atoms with Gasteiger partial charge in [-0.1, -0.05) is 24.1 Å². The van der Waals surface area contributed by atoms with Crippen LogP contribution < -0.4 is 0 Å². The number of aromatic nitrogens is 3. The molecule has 0 radical (unpaired) electrons. The summed E-state index contributed by atoms with van der Waals surface area (Å²) in [5, 5.41) is 5.12. The number of likely N-dealkylation sites (tertiary alicyclic amines) is 1. The Morgan fingerprint density at radius 1 is 1.16 bits per heavy atom. The van der Waals surface area contributed by atoms with Crippen molar-refractivity contribution in [3.63, 3.8) is 0 Å². The minimum atomic E-state index is 0.0421. The molecule has 3 heterocycles. The Hall–Kier alpha value is -2.80. The smallest absolute Gasteiger partial charge is 0.253 e. The van der Waals surface area contributed by atoms with Crippen molar-refractivity contribution in [3.05, 3.63) is 53.8 Å². The molecule has 168 valence electrons. The maximum atomic E-state index is 13.1. The molecule has 1 amide bonds. The van der Waals surface area contributed by atoms with Crippen LogP contribution in [0.25, 0.3) is 10.9 Å². The molecule has 1 atom stereocenters. The number of hydrogen-bond donors (Lipinski definition) is 0. The molecule has 32 heavy (non-hydrogen) atoms. The van der Waals surface area contributed by atoms with E-state index in [1.54, 1.807) is 6.20 Å². The average Bonchev–Trinajstić information content (AvgIpc) is 3.53. The molecule has 5 rings (SSSR count). The lowest BCUT2D eigenvalue weighted by molar-refractivity contribution is 0.0696. The van der Waals surface area contributed by atoms with Gasteiger partial charge in [0.2, 0.25) is 5.89 Å². The van der Waals surface area contributed by atoms with Crippen molar-refractivity contribution >= 4 is 16.8 Å². The molecule has 1 aliphatic heterocycles. The highest BCUT2D eigenvalue weighted by Crippen LogP contribution is 2.28. The summed E-state index contributed by atoms with van der Waals surface area (Å²) in [6.07, 6.45) is 9.55. The molecular formula is C25H30N4O3. The molecule has 0 N–H and O–H groups in total. The normalized spacial score (nSPS) is 19.6. The summed E-state index contributed by atoms with van der Waals surface area (Å²) >= 11 is 0. The molecule has 2 aliphatic rings. The third kappa shape index (κ3) is 4.83. The van der Waals surface area contributed by atoms with Gasteiger partial charge in [-0.05, 0) is 55.9 Å². The largest absolute Gasteiger partial charge is 0.381 e. The molecule has 1 unspecified atom stereocenters. The molecule has 7 nitrogen and oxygen atoms in total. The van der Waals surface area contributed by atoms with Gasteiger partial charge in [0.25, 0.3) is 5.91 Å². The molecule has 1 saturated carbocycles. The molecule has 2 fully saturated rings. The van der Waals surface area contributed by atoms with E-state index >= 15 is 0 Å². The zero-order valence-electron chi connectivity index (χ0n) is 18.4. The zero-order chi connectivity index (χ0) is 21.8. The minimum absolute atomic E-state index is 0.0421. The number of rotatable bonds is 7. The summed E-state index contributed by atoms with van der Waals surface area (Å²) < 4.78 is 11.4. The van der Waals surface area contributed by atoms with E-state index in [0.29, 0.717) is 36.9 Å². The molecule has 0 bridgehead atoms. The fraction of sp³-hybridized carbons (Fsp3) is 0.520. The Balaban J connectivity index is 1.17. The second-order valence-corrected chi connectivity index (χ2v) is 9.03. The van der Waals surface area contributed by atoms with Crippen LogP contribution in [0.15, 0.2) is 41.1 Å². The lowest BCUT2D eigenvalue weighted by Gasteiger charge is -2.31. The highest BCUT2D eigenvalue weighted by molar-refractivity contribution is 5.98. The van der Waals surface area contributed by atoms with Crippen LogP contribution in [-0.4, -0.2) is 52.2 Å². The number of benzene rings is 1. The number of fused-ring (bicyclic) bond motifs is 1. The van der Waals surface area contributed by atoms with Gasteiger partial charge < -0.3 is 14.2 Å². The standard InChI is InChI=1S/C25H30N4O3/c30-25(20-9-10-22-19(15-20)7-3-12-26-22)29-13-4-8-21(16-29)24-27-23(28-32-24)11-14-31-17-18-5-1-2-6-18/h3,7,9-10,12,15,18,21H,1-2,4-6,8,11,13-14,16-17H2. The van der Waals surface area contributed by atoms with Crippen LogP contribution in [0.2, 0.25) is 0 Å². The third-order valence-electron chi connectivity index (χ3n) is 6.69. The van der Waals surface area contributed by atoms with E-state index in [9.17, 15) is 4.79 Å².